The van der Waals surface area contributed by atoms with Gasteiger partial charge in [-0.3, -0.25) is 24.0 Å². The highest BCUT2D eigenvalue weighted by Crippen LogP contribution is 2.11. The Morgan fingerprint density at radius 1 is 0.912 bits per heavy atom. The fourth-order valence-corrected chi connectivity index (χ4v) is 2.97. The standard InChI is InChI=1S/C22H33N5O7/c1-11(2)18(21(32)25-12(3)22(33)34)27-20(31)16(8-9-17(24)29)26-19(30)15(23)10-13-4-6-14(28)7-5-13/h4-7,11-12,15-16,18,28H,8-10,23H2,1-3H3,(H2,24,29)(H,25,32)(H,26,30)(H,27,31)(H,33,34). The number of carboxylic acids is 1. The zero-order valence-corrected chi connectivity index (χ0v) is 19.4. The zero-order valence-electron chi connectivity index (χ0n) is 19.4. The van der Waals surface area contributed by atoms with Gasteiger partial charge in [0.15, 0.2) is 0 Å². The first-order valence-corrected chi connectivity index (χ1v) is 10.8. The molecule has 0 saturated carbocycles. The molecule has 0 spiro atoms. The smallest absolute Gasteiger partial charge is 0.325 e. The van der Waals surface area contributed by atoms with Crippen LogP contribution in [-0.4, -0.2) is 64.0 Å². The summed E-state index contributed by atoms with van der Waals surface area (Å²) in [4.78, 5) is 60.3. The highest BCUT2D eigenvalue weighted by molar-refractivity contribution is 5.94. The summed E-state index contributed by atoms with van der Waals surface area (Å²) in [5.41, 5.74) is 11.8. The molecule has 0 bridgehead atoms. The lowest BCUT2D eigenvalue weighted by atomic mass is 10.0. The van der Waals surface area contributed by atoms with Crippen LogP contribution >= 0.6 is 0 Å². The first kappa shape index (κ1) is 28.4. The van der Waals surface area contributed by atoms with Crippen molar-refractivity contribution in [1.82, 2.24) is 16.0 Å². The second-order valence-electron chi connectivity index (χ2n) is 8.34. The molecule has 4 unspecified atom stereocenters. The minimum atomic E-state index is -1.24. The van der Waals surface area contributed by atoms with Gasteiger partial charge in [-0.1, -0.05) is 26.0 Å². The number of amides is 4. The number of aromatic hydroxyl groups is 1. The highest BCUT2D eigenvalue weighted by atomic mass is 16.4. The first-order chi connectivity index (χ1) is 15.8. The monoisotopic (exact) mass is 479 g/mol. The molecular formula is C22H33N5O7. The van der Waals surface area contributed by atoms with Gasteiger partial charge in [0.1, 0.15) is 23.9 Å². The van der Waals surface area contributed by atoms with Crippen LogP contribution < -0.4 is 27.4 Å². The molecule has 0 saturated heterocycles. The minimum absolute atomic E-state index is 0.0615. The molecule has 4 atom stereocenters. The van der Waals surface area contributed by atoms with Gasteiger partial charge < -0.3 is 37.6 Å². The van der Waals surface area contributed by atoms with E-state index in [0.717, 1.165) is 0 Å². The Morgan fingerprint density at radius 3 is 2.00 bits per heavy atom. The van der Waals surface area contributed by atoms with E-state index in [2.05, 4.69) is 16.0 Å². The van der Waals surface area contributed by atoms with Crippen molar-refractivity contribution in [1.29, 1.82) is 0 Å². The van der Waals surface area contributed by atoms with E-state index in [4.69, 9.17) is 16.6 Å². The summed E-state index contributed by atoms with van der Waals surface area (Å²) in [7, 11) is 0. The topological polar surface area (TPSA) is 214 Å². The van der Waals surface area contributed by atoms with Gasteiger partial charge in [-0.15, -0.1) is 0 Å². The van der Waals surface area contributed by atoms with Crippen molar-refractivity contribution in [2.24, 2.45) is 17.4 Å². The fourth-order valence-electron chi connectivity index (χ4n) is 2.97. The van der Waals surface area contributed by atoms with Gasteiger partial charge in [0.05, 0.1) is 6.04 Å². The van der Waals surface area contributed by atoms with Crippen LogP contribution in [0, 0.1) is 5.92 Å². The zero-order chi connectivity index (χ0) is 26.0. The maximum Gasteiger partial charge on any atom is 0.325 e. The molecule has 0 heterocycles. The summed E-state index contributed by atoms with van der Waals surface area (Å²) >= 11 is 0. The van der Waals surface area contributed by atoms with E-state index in [1.807, 2.05) is 0 Å². The van der Waals surface area contributed by atoms with Crippen molar-refractivity contribution in [2.45, 2.75) is 64.2 Å². The van der Waals surface area contributed by atoms with Crippen molar-refractivity contribution in [3.05, 3.63) is 29.8 Å². The summed E-state index contributed by atoms with van der Waals surface area (Å²) in [6.07, 6.45) is -0.211. The summed E-state index contributed by atoms with van der Waals surface area (Å²) < 4.78 is 0. The Balaban J connectivity index is 2.92. The number of carbonyl (C=O) groups is 5. The molecule has 0 fully saturated rings. The molecule has 0 radical (unpaired) electrons. The molecule has 12 heteroatoms. The highest BCUT2D eigenvalue weighted by Gasteiger charge is 2.31. The van der Waals surface area contributed by atoms with Crippen molar-refractivity contribution in [3.8, 4) is 5.75 Å². The number of nitrogens with two attached hydrogens (primary N) is 2. The van der Waals surface area contributed by atoms with Gasteiger partial charge in [-0.2, -0.15) is 0 Å². The number of hydrogen-bond acceptors (Lipinski definition) is 7. The Kier molecular flexibility index (Phi) is 11.0. The predicted molar refractivity (Wildman–Crippen MR) is 122 cm³/mol. The van der Waals surface area contributed by atoms with E-state index in [9.17, 15) is 29.1 Å². The third-order valence-corrected chi connectivity index (χ3v) is 5.02. The lowest BCUT2D eigenvalue weighted by molar-refractivity contribution is -0.142. The van der Waals surface area contributed by atoms with Gasteiger partial charge in [-0.25, -0.2) is 0 Å². The van der Waals surface area contributed by atoms with E-state index in [1.54, 1.807) is 26.0 Å². The van der Waals surface area contributed by atoms with Crippen molar-refractivity contribution < 1.29 is 34.2 Å². The van der Waals surface area contributed by atoms with Crippen molar-refractivity contribution in [3.63, 3.8) is 0 Å². The van der Waals surface area contributed by atoms with E-state index in [0.29, 0.717) is 5.56 Å². The normalized spacial score (nSPS) is 14.4. The quantitative estimate of drug-likeness (QED) is 0.181. The molecule has 4 amide bonds. The van der Waals surface area contributed by atoms with E-state index >= 15 is 0 Å². The Hall–Kier alpha value is -3.67. The molecule has 1 aromatic rings. The summed E-state index contributed by atoms with van der Waals surface area (Å²) in [6, 6.07) is 1.59. The summed E-state index contributed by atoms with van der Waals surface area (Å²) in [5, 5.41) is 25.6. The third-order valence-electron chi connectivity index (χ3n) is 5.02. The van der Waals surface area contributed by atoms with E-state index in [1.165, 1.54) is 19.1 Å². The van der Waals surface area contributed by atoms with Crippen LogP contribution in [-0.2, 0) is 30.4 Å². The maximum absolute atomic E-state index is 12.9. The van der Waals surface area contributed by atoms with Gasteiger partial charge >= 0.3 is 5.97 Å². The Bertz CT molecular complexity index is 888. The minimum Gasteiger partial charge on any atom is -0.508 e. The number of carboxylic acid groups (broad SMARTS) is 1. The van der Waals surface area contributed by atoms with E-state index < -0.39 is 59.7 Å². The number of hydrogen-bond donors (Lipinski definition) is 7. The largest absolute Gasteiger partial charge is 0.508 e. The van der Waals surface area contributed by atoms with Crippen LogP contribution in [0.3, 0.4) is 0 Å². The maximum atomic E-state index is 12.9. The molecular weight excluding hydrogens is 446 g/mol. The number of nitrogens with one attached hydrogen (secondary N) is 3. The number of phenolic OH excluding ortho intramolecular Hbond substituents is 1. The molecule has 34 heavy (non-hydrogen) atoms. The number of benzene rings is 1. The molecule has 0 aliphatic rings. The summed E-state index contributed by atoms with van der Waals surface area (Å²) in [6.45, 7) is 4.59. The average molecular weight is 480 g/mol. The number of primary amides is 1. The number of carbonyl (C=O) groups excluding carboxylic acids is 4. The van der Waals surface area contributed by atoms with Crippen LogP contribution in [0.2, 0.25) is 0 Å². The molecule has 9 N–H and O–H groups in total. The molecule has 1 rings (SSSR count). The third kappa shape index (κ3) is 9.45. The molecule has 0 aromatic heterocycles. The fraction of sp³-hybridized carbons (Fsp3) is 0.500. The molecule has 1 aromatic carbocycles. The lowest BCUT2D eigenvalue weighted by Crippen LogP contribution is -2.58. The number of aliphatic carboxylic acids is 1. The average Bonchev–Trinajstić information content (AvgIpc) is 2.75. The lowest BCUT2D eigenvalue weighted by Gasteiger charge is -2.26. The Morgan fingerprint density at radius 2 is 1.50 bits per heavy atom. The van der Waals surface area contributed by atoms with E-state index in [-0.39, 0.29) is 25.0 Å². The predicted octanol–water partition coefficient (Wildman–Crippen LogP) is -1.26. The van der Waals surface area contributed by atoms with Crippen LogP contribution in [0.15, 0.2) is 24.3 Å². The number of rotatable bonds is 13. The van der Waals surface area contributed by atoms with Crippen molar-refractivity contribution >= 4 is 29.6 Å². The molecule has 0 aliphatic carbocycles. The first-order valence-electron chi connectivity index (χ1n) is 10.8. The van der Waals surface area contributed by atoms with Crippen LogP contribution in [0.1, 0.15) is 39.2 Å². The molecule has 12 nitrogen and oxygen atoms in total. The van der Waals surface area contributed by atoms with Crippen LogP contribution in [0.5, 0.6) is 5.75 Å². The van der Waals surface area contributed by atoms with Gasteiger partial charge in [0.25, 0.3) is 0 Å². The second kappa shape index (κ2) is 13.1. The van der Waals surface area contributed by atoms with Gasteiger partial charge in [0.2, 0.25) is 23.6 Å². The summed E-state index contributed by atoms with van der Waals surface area (Å²) in [5.74, 6) is -4.39. The molecule has 0 aliphatic heterocycles. The van der Waals surface area contributed by atoms with Gasteiger partial charge in [0, 0.05) is 6.42 Å². The van der Waals surface area contributed by atoms with Crippen molar-refractivity contribution in [2.75, 3.05) is 0 Å². The second-order valence-corrected chi connectivity index (χ2v) is 8.34. The molecule has 188 valence electrons. The SMILES string of the molecule is CC(NC(=O)C(NC(=O)C(CCC(N)=O)NC(=O)C(N)Cc1ccc(O)cc1)C(C)C)C(=O)O. The Labute approximate surface area is 197 Å². The van der Waals surface area contributed by atoms with Crippen LogP contribution in [0.4, 0.5) is 0 Å². The van der Waals surface area contributed by atoms with Crippen LogP contribution in [0.25, 0.3) is 0 Å². The van der Waals surface area contributed by atoms with Gasteiger partial charge in [-0.05, 0) is 43.4 Å². The number of phenols is 1.